The highest BCUT2D eigenvalue weighted by molar-refractivity contribution is 7.78. The minimum Gasteiger partial charge on any atom is -0.274 e. The molecule has 0 N–H and O–H groups in total. The lowest BCUT2D eigenvalue weighted by Gasteiger charge is -2.32. The first-order valence-corrected chi connectivity index (χ1v) is 19.2. The van der Waals surface area contributed by atoms with E-state index in [2.05, 4.69) is 48.0 Å². The summed E-state index contributed by atoms with van der Waals surface area (Å²) in [5, 5.41) is 10.1. The highest BCUT2D eigenvalue weighted by Crippen LogP contribution is 2.51. The van der Waals surface area contributed by atoms with Gasteiger partial charge in [0, 0.05) is 56.5 Å². The number of fused-ring (bicyclic) bond motifs is 2. The molecule has 2 heterocycles. The average molecular weight is 729 g/mol. The lowest BCUT2D eigenvalue weighted by Crippen LogP contribution is -2.43. The summed E-state index contributed by atoms with van der Waals surface area (Å²) in [4.78, 5) is 68.8. The van der Waals surface area contributed by atoms with Crippen LogP contribution >= 0.6 is 24.4 Å². The fraction of sp³-hybridized carbons (Fsp3) is 0.381. The maximum atomic E-state index is 14.3. The largest absolute Gasteiger partial charge is 0.274 e. The zero-order valence-corrected chi connectivity index (χ0v) is 31.6. The van der Waals surface area contributed by atoms with Crippen molar-refractivity contribution in [3.8, 4) is 0 Å². The number of hydrogen-bond donors (Lipinski definition) is 0. The van der Waals surface area contributed by atoms with Crippen molar-refractivity contribution < 1.29 is 19.2 Å². The number of imide groups is 2. The molecule has 0 saturated carbocycles. The van der Waals surface area contributed by atoms with E-state index in [-0.39, 0.29) is 35.5 Å². The standard InChI is InChI=1S/C42H40N4O4S2/c1-5-9-11-23(7-3)19-45-39(47)27-15-13-25-36-32(44-22-52)18-30-34-28(40(48)46(42(30)50)20-24(8-4)12-10-6-2)16-14-26(38(34)36)35-31(43-21-51)17-29(41(45)49)33(27)37(25)35/h13-18,23-24H,5-12,19-20H2,1-4H3. The van der Waals surface area contributed by atoms with Crippen LogP contribution in [0.2, 0.25) is 0 Å². The van der Waals surface area contributed by atoms with E-state index in [1.165, 1.54) is 9.80 Å². The molecule has 10 heteroatoms. The Kier molecular flexibility index (Phi) is 9.85. The second-order valence-corrected chi connectivity index (χ2v) is 14.5. The van der Waals surface area contributed by atoms with E-state index in [9.17, 15) is 19.2 Å². The average Bonchev–Trinajstić information content (AvgIpc) is 3.15. The highest BCUT2D eigenvalue weighted by atomic mass is 32.1. The summed E-state index contributed by atoms with van der Waals surface area (Å²) in [7, 11) is 0. The van der Waals surface area contributed by atoms with Gasteiger partial charge in [-0.15, -0.1) is 0 Å². The quantitative estimate of drug-likeness (QED) is 0.0371. The van der Waals surface area contributed by atoms with E-state index >= 15 is 0 Å². The number of thiocarbonyl (C=S) groups is 2. The van der Waals surface area contributed by atoms with E-state index < -0.39 is 0 Å². The second kappa shape index (κ2) is 14.4. The monoisotopic (exact) mass is 728 g/mol. The van der Waals surface area contributed by atoms with Gasteiger partial charge in [0.15, 0.2) is 0 Å². The van der Waals surface area contributed by atoms with Crippen molar-refractivity contribution >= 4 is 113 Å². The molecule has 0 saturated heterocycles. The number of unbranched alkanes of at least 4 members (excludes halogenated alkanes) is 2. The fourth-order valence-electron chi connectivity index (χ4n) is 8.48. The summed E-state index contributed by atoms with van der Waals surface area (Å²) in [5.74, 6) is -1.02. The van der Waals surface area contributed by atoms with Gasteiger partial charge in [-0.2, -0.15) is 9.98 Å². The van der Waals surface area contributed by atoms with Crippen molar-refractivity contribution in [2.24, 2.45) is 21.8 Å². The van der Waals surface area contributed by atoms with E-state index in [1.807, 2.05) is 12.1 Å². The Labute approximate surface area is 313 Å². The van der Waals surface area contributed by atoms with Crippen molar-refractivity contribution in [2.75, 3.05) is 13.1 Å². The van der Waals surface area contributed by atoms with Gasteiger partial charge in [-0.25, -0.2) is 0 Å². The molecule has 4 amide bonds. The summed E-state index contributed by atoms with van der Waals surface area (Å²) in [6, 6.07) is 10.7. The van der Waals surface area contributed by atoms with Gasteiger partial charge in [0.1, 0.15) is 0 Å². The number of carbonyl (C=O) groups excluding carboxylic acids is 4. The Hall–Kier alpha value is -4.72. The summed E-state index contributed by atoms with van der Waals surface area (Å²) in [6.45, 7) is 9.12. The van der Waals surface area contributed by atoms with Gasteiger partial charge in [0.25, 0.3) is 23.6 Å². The first-order chi connectivity index (χ1) is 25.2. The Morgan fingerprint density at radius 1 is 0.558 bits per heavy atom. The van der Waals surface area contributed by atoms with Crippen molar-refractivity contribution in [3.63, 3.8) is 0 Å². The molecule has 0 aliphatic carbocycles. The van der Waals surface area contributed by atoms with Crippen LogP contribution in [0.5, 0.6) is 0 Å². The number of nitrogens with zero attached hydrogens (tertiary/aromatic N) is 4. The Morgan fingerprint density at radius 2 is 0.942 bits per heavy atom. The predicted molar refractivity (Wildman–Crippen MR) is 214 cm³/mol. The zero-order valence-electron chi connectivity index (χ0n) is 29.9. The third kappa shape index (κ3) is 5.48. The van der Waals surface area contributed by atoms with Crippen LogP contribution < -0.4 is 0 Å². The summed E-state index contributed by atoms with van der Waals surface area (Å²) < 4.78 is 0. The maximum Gasteiger partial charge on any atom is 0.261 e. The Morgan fingerprint density at radius 3 is 1.29 bits per heavy atom. The number of benzene rings is 5. The molecule has 2 atom stereocenters. The summed E-state index contributed by atoms with van der Waals surface area (Å²) >= 11 is 10.2. The minimum atomic E-state index is -0.370. The van der Waals surface area contributed by atoms with Gasteiger partial charge < -0.3 is 0 Å². The number of aliphatic imine (C=N–C) groups is 2. The molecule has 2 unspecified atom stereocenters. The van der Waals surface area contributed by atoms with Gasteiger partial charge >= 0.3 is 0 Å². The third-order valence-electron chi connectivity index (χ3n) is 11.3. The van der Waals surface area contributed by atoms with Gasteiger partial charge in [-0.1, -0.05) is 78.4 Å². The van der Waals surface area contributed by atoms with Gasteiger partial charge in [-0.05, 0) is 84.2 Å². The first-order valence-electron chi connectivity index (χ1n) is 18.4. The van der Waals surface area contributed by atoms with E-state index in [4.69, 9.17) is 24.4 Å². The van der Waals surface area contributed by atoms with Crippen molar-refractivity contribution in [2.45, 2.75) is 79.1 Å². The molecule has 52 heavy (non-hydrogen) atoms. The van der Waals surface area contributed by atoms with E-state index in [1.54, 1.807) is 24.3 Å². The van der Waals surface area contributed by atoms with Crippen molar-refractivity contribution in [1.29, 1.82) is 0 Å². The molecular weight excluding hydrogens is 689 g/mol. The molecule has 0 aromatic heterocycles. The highest BCUT2D eigenvalue weighted by Gasteiger charge is 2.39. The van der Waals surface area contributed by atoms with Crippen LogP contribution in [-0.2, 0) is 0 Å². The number of amides is 4. The van der Waals surface area contributed by atoms with Crippen LogP contribution in [0.15, 0.2) is 46.4 Å². The normalized spacial score (nSPS) is 15.2. The number of isothiocyanates is 2. The predicted octanol–water partition coefficient (Wildman–Crippen LogP) is 10.8. The molecule has 0 radical (unpaired) electrons. The van der Waals surface area contributed by atoms with Crippen LogP contribution in [0.1, 0.15) is 120 Å². The Bertz CT molecular complexity index is 2270. The minimum absolute atomic E-state index is 0.188. The van der Waals surface area contributed by atoms with Crippen molar-refractivity contribution in [3.05, 3.63) is 58.7 Å². The summed E-state index contributed by atoms with van der Waals surface area (Å²) in [6.07, 6.45) is 7.69. The lowest BCUT2D eigenvalue weighted by atomic mass is 9.80. The van der Waals surface area contributed by atoms with Crippen LogP contribution in [0.3, 0.4) is 0 Å². The molecule has 7 rings (SSSR count). The van der Waals surface area contributed by atoms with E-state index in [0.717, 1.165) is 51.4 Å². The van der Waals surface area contributed by atoms with Crippen LogP contribution in [0, 0.1) is 11.8 Å². The van der Waals surface area contributed by atoms with Crippen LogP contribution in [0.25, 0.3) is 43.1 Å². The third-order valence-corrected chi connectivity index (χ3v) is 11.4. The van der Waals surface area contributed by atoms with Gasteiger partial charge in [0.05, 0.1) is 32.8 Å². The second-order valence-electron chi connectivity index (χ2n) is 14.1. The number of carbonyl (C=O) groups is 4. The SMILES string of the molecule is CCCCC(CC)CN1C(=O)c2ccc3c4c(N=C=S)cc5c6c(ccc(c7c(N=C=S)cc(c2c37)C1=O)c64)C(=O)N(CC(CC)CCCC)C5=O. The maximum absolute atomic E-state index is 14.3. The number of rotatable bonds is 14. The fourth-order valence-corrected chi connectivity index (χ4v) is 8.68. The smallest absolute Gasteiger partial charge is 0.261 e. The lowest BCUT2D eigenvalue weighted by molar-refractivity contribution is 0.0565. The van der Waals surface area contributed by atoms with Crippen LogP contribution in [-0.4, -0.2) is 56.8 Å². The zero-order chi connectivity index (χ0) is 36.8. The van der Waals surface area contributed by atoms with Gasteiger partial charge in [-0.3, -0.25) is 29.0 Å². The molecule has 0 spiro atoms. The van der Waals surface area contributed by atoms with Crippen LogP contribution in [0.4, 0.5) is 11.4 Å². The first kappa shape index (κ1) is 35.7. The molecule has 2 aliphatic heterocycles. The summed E-state index contributed by atoms with van der Waals surface area (Å²) in [5.41, 5.74) is 2.43. The molecule has 264 valence electrons. The molecule has 8 nitrogen and oxygen atoms in total. The molecule has 5 aromatic rings. The molecule has 0 fully saturated rings. The number of hydrogen-bond acceptors (Lipinski definition) is 8. The topological polar surface area (TPSA) is 99.5 Å². The molecule has 5 aromatic carbocycles. The molecule has 2 aliphatic rings. The Balaban J connectivity index is 1.53. The molecule has 0 bridgehead atoms. The van der Waals surface area contributed by atoms with E-state index in [0.29, 0.717) is 89.8 Å². The van der Waals surface area contributed by atoms with Crippen molar-refractivity contribution in [1.82, 2.24) is 9.80 Å². The molecular formula is C42H40N4O4S2. The van der Waals surface area contributed by atoms with Gasteiger partial charge in [0.2, 0.25) is 0 Å².